The normalized spacial score (nSPS) is 20.3. The molecule has 0 radical (unpaired) electrons. The van der Waals surface area contributed by atoms with E-state index in [0.717, 1.165) is 0 Å². The molecule has 0 N–H and O–H groups in total. The second kappa shape index (κ2) is 18.9. The van der Waals surface area contributed by atoms with Gasteiger partial charge in [0.25, 0.3) is 0 Å². The Bertz CT molecular complexity index is 1180. The summed E-state index contributed by atoms with van der Waals surface area (Å²) in [6.07, 6.45) is 22.1. The second-order valence-electron chi connectivity index (χ2n) is 12.6. The van der Waals surface area contributed by atoms with Crippen LogP contribution in [0.5, 0.6) is 0 Å². The number of hydrogen-bond acceptors (Lipinski definition) is 0. The number of aryl methyl sites for hydroxylation is 3. The van der Waals surface area contributed by atoms with E-state index in [2.05, 4.69) is 138 Å². The third-order valence-corrected chi connectivity index (χ3v) is 16.8. The van der Waals surface area contributed by atoms with Gasteiger partial charge in [-0.1, -0.05) is 0 Å². The summed E-state index contributed by atoms with van der Waals surface area (Å²) < 4.78 is 0.670. The molecule has 1 saturated carbocycles. The summed E-state index contributed by atoms with van der Waals surface area (Å²) in [4.78, 5) is 0. The maximum atomic E-state index is 2.57. The van der Waals surface area contributed by atoms with E-state index in [-0.39, 0.29) is 37.2 Å². The number of hydrogen-bond donors (Lipinski definition) is 0. The number of rotatable bonds is 13. The zero-order chi connectivity index (χ0) is 28.7. The summed E-state index contributed by atoms with van der Waals surface area (Å²) in [7, 11) is -2.41. The molecule has 234 valence electrons. The molecular weight excluding hydrogens is 651 g/mol. The number of benzene rings is 3. The predicted molar refractivity (Wildman–Crippen MR) is 177 cm³/mol. The van der Waals surface area contributed by atoms with Crippen molar-refractivity contribution in [2.24, 2.45) is 11.8 Å². The molecule has 0 spiro atoms. The standard InChI is InChI=1S/C39H49Si.3ClH.Ti/c1-4-7-12-31-17-24-35(25-18-31)40(36-26-19-32(20-27-36)13-8-5-2,37-28-21-33(22-29-37)14-9-6-3)39-30-23-34-15-10-11-16-38(34)39;;;;/h10-11,15-22,24-30,34,38-39H,4-9,12-14,23H2,1-3H3;3*1H;/q;;;;+3/p-3. The van der Waals surface area contributed by atoms with Gasteiger partial charge in [0.05, 0.1) is 0 Å². The number of halogens is 3. The smallest absolute Gasteiger partial charge is 1.00 e. The Labute approximate surface area is 299 Å². The summed E-state index contributed by atoms with van der Waals surface area (Å²) in [6, 6.07) is 30.1. The fourth-order valence-electron chi connectivity index (χ4n) is 7.61. The first-order valence-corrected chi connectivity index (χ1v) is 19.4. The van der Waals surface area contributed by atoms with Crippen molar-refractivity contribution < 1.29 is 57.7 Å². The molecule has 2 aliphatic carbocycles. The van der Waals surface area contributed by atoms with Gasteiger partial charge in [-0.2, -0.15) is 0 Å². The Balaban J connectivity index is 0.00000225. The minimum Gasteiger partial charge on any atom is -1.00 e. The third kappa shape index (κ3) is 8.45. The summed E-state index contributed by atoms with van der Waals surface area (Å²) >= 11 is 2.56. The summed E-state index contributed by atoms with van der Waals surface area (Å²) in [5.41, 5.74) is 5.08. The maximum Gasteiger partial charge on any atom is -1.00 e. The number of fused-ring (bicyclic) bond motifs is 1. The second-order valence-corrected chi connectivity index (χ2v) is 17.8. The summed E-state index contributed by atoms with van der Waals surface area (Å²) in [5.74, 6) is 1.25. The van der Waals surface area contributed by atoms with Crippen LogP contribution in [-0.4, -0.2) is 8.07 Å². The molecule has 44 heavy (non-hydrogen) atoms. The number of unbranched alkanes of at least 4 members (excludes halogenated alkanes) is 3. The molecule has 4 unspecified atom stereocenters. The summed E-state index contributed by atoms with van der Waals surface area (Å²) in [6.45, 7) is 6.89. The topological polar surface area (TPSA) is 0 Å². The van der Waals surface area contributed by atoms with Gasteiger partial charge in [0.2, 0.25) is 0 Å². The Morgan fingerprint density at radius 3 is 1.30 bits per heavy atom. The van der Waals surface area contributed by atoms with Gasteiger partial charge < -0.3 is 37.2 Å². The molecular formula is C39H49Cl3SiTi. The SMILES string of the molecule is CCCCc1ccc([Si](c2ccc(CCCC)cc2)(c2ccc(CCCC)cc2)C2[CH]([Ti+3])CC3C=CC=CC32)cc1.[Cl-].[Cl-].[Cl-]. The van der Waals surface area contributed by atoms with Gasteiger partial charge in [0, 0.05) is 0 Å². The minimum atomic E-state index is -2.41. The van der Waals surface area contributed by atoms with Crippen LogP contribution in [0.2, 0.25) is 9.76 Å². The average molecular weight is 700 g/mol. The van der Waals surface area contributed by atoms with Crippen LogP contribution in [0.4, 0.5) is 0 Å². The molecule has 0 bridgehead atoms. The van der Waals surface area contributed by atoms with E-state index in [9.17, 15) is 0 Å². The van der Waals surface area contributed by atoms with Gasteiger partial charge in [-0.15, -0.1) is 0 Å². The van der Waals surface area contributed by atoms with Crippen molar-refractivity contribution in [1.29, 1.82) is 0 Å². The molecule has 5 rings (SSSR count). The molecule has 0 aromatic heterocycles. The van der Waals surface area contributed by atoms with Crippen LogP contribution in [0.15, 0.2) is 97.1 Å². The minimum absolute atomic E-state index is 0. The van der Waals surface area contributed by atoms with Crippen LogP contribution >= 0.6 is 0 Å². The molecule has 3 aromatic rings. The molecule has 0 aliphatic heterocycles. The van der Waals surface area contributed by atoms with Crippen molar-refractivity contribution >= 4 is 23.6 Å². The van der Waals surface area contributed by atoms with Gasteiger partial charge in [-0.3, -0.25) is 0 Å². The van der Waals surface area contributed by atoms with E-state index in [1.54, 1.807) is 15.6 Å². The van der Waals surface area contributed by atoms with E-state index in [0.29, 0.717) is 21.6 Å². The van der Waals surface area contributed by atoms with Crippen LogP contribution < -0.4 is 52.8 Å². The van der Waals surface area contributed by atoms with Crippen molar-refractivity contribution in [2.45, 2.75) is 94.7 Å². The molecule has 0 saturated heterocycles. The first-order chi connectivity index (χ1) is 20.1. The molecule has 3 aromatic carbocycles. The van der Waals surface area contributed by atoms with Crippen LogP contribution in [-0.2, 0) is 39.7 Å². The first-order valence-electron chi connectivity index (χ1n) is 16.5. The number of allylic oxidation sites excluding steroid dienone is 4. The quantitative estimate of drug-likeness (QED) is 0.170. The molecule has 0 amide bonds. The summed E-state index contributed by atoms with van der Waals surface area (Å²) in [5, 5.41) is 4.79. The van der Waals surface area contributed by atoms with Gasteiger partial charge >= 0.3 is 264 Å². The van der Waals surface area contributed by atoms with Gasteiger partial charge in [0.15, 0.2) is 0 Å². The molecule has 2 aliphatic rings. The van der Waals surface area contributed by atoms with Crippen molar-refractivity contribution in [2.75, 3.05) is 0 Å². The van der Waals surface area contributed by atoms with E-state index in [1.807, 2.05) is 0 Å². The van der Waals surface area contributed by atoms with Crippen molar-refractivity contribution in [3.05, 3.63) is 114 Å². The zero-order valence-corrected chi connectivity index (χ0v) is 31.6. The Hall–Kier alpha value is -1.06. The van der Waals surface area contributed by atoms with Crippen molar-refractivity contribution in [1.82, 2.24) is 0 Å². The predicted octanol–water partition coefficient (Wildman–Crippen LogP) is -0.336. The molecule has 0 heterocycles. The largest absolute Gasteiger partial charge is 1.00 e. The van der Waals surface area contributed by atoms with Gasteiger partial charge in [-0.05, 0) is 0 Å². The van der Waals surface area contributed by atoms with Crippen molar-refractivity contribution in [3.63, 3.8) is 0 Å². The van der Waals surface area contributed by atoms with Gasteiger partial charge in [-0.25, -0.2) is 0 Å². The molecule has 1 fully saturated rings. The van der Waals surface area contributed by atoms with Crippen LogP contribution in [0.1, 0.15) is 82.4 Å². The van der Waals surface area contributed by atoms with Gasteiger partial charge in [0.1, 0.15) is 0 Å². The zero-order valence-electron chi connectivity index (χ0n) is 26.8. The first kappa shape index (κ1) is 39.1. The Morgan fingerprint density at radius 1 is 0.568 bits per heavy atom. The van der Waals surface area contributed by atoms with Crippen LogP contribution in [0, 0.1) is 11.8 Å². The molecule has 4 atom stereocenters. The molecule has 5 heteroatoms. The average Bonchev–Trinajstić information content (AvgIpc) is 3.36. The third-order valence-electron chi connectivity index (χ3n) is 9.86. The van der Waals surface area contributed by atoms with E-state index in [4.69, 9.17) is 0 Å². The molecule has 0 nitrogen and oxygen atoms in total. The van der Waals surface area contributed by atoms with Crippen molar-refractivity contribution in [3.8, 4) is 0 Å². The monoisotopic (exact) mass is 698 g/mol. The maximum absolute atomic E-state index is 2.57. The van der Waals surface area contributed by atoms with Crippen LogP contribution in [0.3, 0.4) is 0 Å². The van der Waals surface area contributed by atoms with E-state index < -0.39 is 8.07 Å². The van der Waals surface area contributed by atoms with E-state index in [1.165, 1.54) is 80.9 Å². The fourth-order valence-corrected chi connectivity index (χ4v) is 15.5. The Morgan fingerprint density at radius 2 is 0.932 bits per heavy atom. The van der Waals surface area contributed by atoms with E-state index >= 15 is 0 Å². The van der Waals surface area contributed by atoms with Crippen LogP contribution in [0.25, 0.3) is 0 Å². The fraction of sp³-hybridized carbons (Fsp3) is 0.436. The Kier molecular flexibility index (Phi) is 16.8.